The van der Waals surface area contributed by atoms with Crippen molar-refractivity contribution in [2.24, 2.45) is 0 Å². The molecule has 2 rings (SSSR count). The van der Waals surface area contributed by atoms with Gasteiger partial charge in [-0.3, -0.25) is 14.3 Å². The minimum absolute atomic E-state index is 0.0944. The van der Waals surface area contributed by atoms with Crippen LogP contribution < -0.4 is 16.0 Å². The monoisotopic (exact) mass is 266 g/mol. The van der Waals surface area contributed by atoms with Gasteiger partial charge in [-0.2, -0.15) is 0 Å². The summed E-state index contributed by atoms with van der Waals surface area (Å²) in [5, 5.41) is 0.511. The van der Waals surface area contributed by atoms with Crippen molar-refractivity contribution >= 4 is 11.6 Å². The lowest BCUT2D eigenvalue weighted by atomic mass is 10.3. The van der Waals surface area contributed by atoms with Crippen molar-refractivity contribution in [1.82, 2.24) is 9.55 Å². The van der Waals surface area contributed by atoms with E-state index < -0.39 is 11.2 Å². The van der Waals surface area contributed by atoms with Crippen LogP contribution in [0.15, 0.2) is 39.9 Å². The molecule has 1 N–H and O–H groups in total. The molecule has 1 aromatic carbocycles. The minimum atomic E-state index is -0.498. The van der Waals surface area contributed by atoms with Crippen molar-refractivity contribution in [2.75, 3.05) is 0 Å². The number of hydrogen-bond acceptors (Lipinski definition) is 3. The van der Waals surface area contributed by atoms with Crippen LogP contribution in [0.3, 0.4) is 0 Å². The molecule has 0 aliphatic carbocycles. The molecule has 18 heavy (non-hydrogen) atoms. The van der Waals surface area contributed by atoms with Crippen LogP contribution in [0.2, 0.25) is 5.02 Å². The molecule has 0 amide bonds. The number of halogens is 1. The number of nitrogens with one attached hydrogen (secondary N) is 1. The molecule has 0 saturated heterocycles. The minimum Gasteiger partial charge on any atom is -0.441 e. The molecular formula is C12H11ClN2O3. The predicted octanol–water partition coefficient (Wildman–Crippen LogP) is 2.00. The van der Waals surface area contributed by atoms with Gasteiger partial charge in [-0.25, -0.2) is 4.79 Å². The molecule has 6 heteroatoms. The average molecular weight is 267 g/mol. The fourth-order valence-electron chi connectivity index (χ4n) is 1.51. The van der Waals surface area contributed by atoms with Gasteiger partial charge in [-0.05, 0) is 25.1 Å². The van der Waals surface area contributed by atoms with Crippen molar-refractivity contribution in [1.29, 1.82) is 0 Å². The summed E-state index contributed by atoms with van der Waals surface area (Å²) in [6.07, 6.45) is 0. The molecule has 0 saturated carbocycles. The molecule has 0 spiro atoms. The van der Waals surface area contributed by atoms with Crippen LogP contribution in [0.4, 0.5) is 0 Å². The number of aromatic amines is 1. The number of hydrogen-bond donors (Lipinski definition) is 1. The summed E-state index contributed by atoms with van der Waals surface area (Å²) in [7, 11) is 0. The SMILES string of the molecule is CCn1c(=O)cc(Oc2cccc(Cl)c2)[nH]c1=O. The number of ether oxygens (including phenoxy) is 1. The maximum absolute atomic E-state index is 11.6. The van der Waals surface area contributed by atoms with Gasteiger partial charge in [0.05, 0.1) is 6.07 Å². The summed E-state index contributed by atoms with van der Waals surface area (Å²) >= 11 is 5.80. The highest BCUT2D eigenvalue weighted by molar-refractivity contribution is 6.30. The first-order valence-corrected chi connectivity index (χ1v) is 5.75. The smallest absolute Gasteiger partial charge is 0.331 e. The lowest BCUT2D eigenvalue weighted by Crippen LogP contribution is -2.33. The highest BCUT2D eigenvalue weighted by Gasteiger charge is 2.04. The number of nitrogens with zero attached hydrogens (tertiary/aromatic N) is 1. The molecule has 0 atom stereocenters. The summed E-state index contributed by atoms with van der Waals surface area (Å²) in [5.74, 6) is 0.545. The Morgan fingerprint density at radius 3 is 2.72 bits per heavy atom. The molecule has 2 aromatic rings. The summed E-state index contributed by atoms with van der Waals surface area (Å²) in [6, 6.07) is 7.90. The van der Waals surface area contributed by atoms with Crippen molar-refractivity contribution in [3.8, 4) is 11.6 Å². The molecule has 0 radical (unpaired) electrons. The third-order valence-electron chi connectivity index (χ3n) is 2.34. The Bertz CT molecular complexity index is 644. The Morgan fingerprint density at radius 1 is 1.33 bits per heavy atom. The van der Waals surface area contributed by atoms with Gasteiger partial charge < -0.3 is 4.74 Å². The van der Waals surface area contributed by atoms with Crippen molar-refractivity contribution in [2.45, 2.75) is 13.5 Å². The van der Waals surface area contributed by atoms with Crippen LogP contribution in [0.25, 0.3) is 0 Å². The first-order chi connectivity index (χ1) is 8.60. The maximum atomic E-state index is 11.6. The van der Waals surface area contributed by atoms with Gasteiger partial charge >= 0.3 is 5.69 Å². The summed E-state index contributed by atoms with van der Waals surface area (Å²) in [5.41, 5.74) is -0.902. The fraction of sp³-hybridized carbons (Fsp3) is 0.167. The molecule has 0 bridgehead atoms. The van der Waals surface area contributed by atoms with Crippen LogP contribution in [0, 0.1) is 0 Å². The second-order valence-electron chi connectivity index (χ2n) is 3.58. The lowest BCUT2D eigenvalue weighted by Gasteiger charge is -2.06. The van der Waals surface area contributed by atoms with Gasteiger partial charge in [0.25, 0.3) is 5.56 Å². The molecule has 0 aliphatic heterocycles. The zero-order chi connectivity index (χ0) is 13.1. The van der Waals surface area contributed by atoms with E-state index in [9.17, 15) is 9.59 Å². The Labute approximate surface area is 108 Å². The first-order valence-electron chi connectivity index (χ1n) is 5.37. The number of H-pyrrole nitrogens is 1. The van der Waals surface area contributed by atoms with E-state index >= 15 is 0 Å². The zero-order valence-corrected chi connectivity index (χ0v) is 10.4. The fourth-order valence-corrected chi connectivity index (χ4v) is 1.69. The highest BCUT2D eigenvalue weighted by atomic mass is 35.5. The van der Waals surface area contributed by atoms with Crippen LogP contribution in [-0.4, -0.2) is 9.55 Å². The van der Waals surface area contributed by atoms with E-state index in [4.69, 9.17) is 16.3 Å². The Kier molecular flexibility index (Phi) is 3.53. The Balaban J connectivity index is 2.36. The largest absolute Gasteiger partial charge is 0.441 e. The van der Waals surface area contributed by atoms with Crippen LogP contribution >= 0.6 is 11.6 Å². The molecule has 0 unspecified atom stereocenters. The molecule has 0 aliphatic rings. The Hall–Kier alpha value is -2.01. The van der Waals surface area contributed by atoms with Crippen LogP contribution in [-0.2, 0) is 6.54 Å². The van der Waals surface area contributed by atoms with E-state index in [2.05, 4.69) is 4.98 Å². The van der Waals surface area contributed by atoms with Gasteiger partial charge in [-0.15, -0.1) is 0 Å². The zero-order valence-electron chi connectivity index (χ0n) is 9.64. The third-order valence-corrected chi connectivity index (χ3v) is 2.57. The molecule has 1 aromatic heterocycles. The lowest BCUT2D eigenvalue weighted by molar-refractivity contribution is 0.452. The third kappa shape index (κ3) is 2.62. The van der Waals surface area contributed by atoms with Crippen LogP contribution in [0.1, 0.15) is 6.92 Å². The van der Waals surface area contributed by atoms with E-state index in [0.717, 1.165) is 4.57 Å². The predicted molar refractivity (Wildman–Crippen MR) is 68.5 cm³/mol. The molecule has 5 nitrogen and oxygen atoms in total. The van der Waals surface area contributed by atoms with Gasteiger partial charge in [-0.1, -0.05) is 17.7 Å². The summed E-state index contributed by atoms with van der Waals surface area (Å²) in [4.78, 5) is 25.6. The van der Waals surface area contributed by atoms with Gasteiger partial charge in [0, 0.05) is 11.6 Å². The van der Waals surface area contributed by atoms with Gasteiger partial charge in [0.1, 0.15) is 5.75 Å². The summed E-state index contributed by atoms with van der Waals surface area (Å²) < 4.78 is 6.44. The van der Waals surface area contributed by atoms with E-state index in [1.54, 1.807) is 31.2 Å². The van der Waals surface area contributed by atoms with Crippen molar-refractivity contribution < 1.29 is 4.74 Å². The molecule has 0 fully saturated rings. The van der Waals surface area contributed by atoms with Gasteiger partial charge in [0.15, 0.2) is 0 Å². The quantitative estimate of drug-likeness (QED) is 0.924. The molecule has 94 valence electrons. The molecular weight excluding hydrogens is 256 g/mol. The average Bonchev–Trinajstić information content (AvgIpc) is 2.28. The highest BCUT2D eigenvalue weighted by Crippen LogP contribution is 2.21. The number of aromatic nitrogens is 2. The maximum Gasteiger partial charge on any atom is 0.331 e. The van der Waals surface area contributed by atoms with E-state index in [0.29, 0.717) is 17.3 Å². The van der Waals surface area contributed by atoms with Crippen molar-refractivity contribution in [3.05, 3.63) is 56.2 Å². The standard InChI is InChI=1S/C12H11ClN2O3/c1-2-15-11(16)7-10(14-12(15)17)18-9-5-3-4-8(13)6-9/h3-7H,2H2,1H3,(H,14,17). The topological polar surface area (TPSA) is 64.1 Å². The Morgan fingerprint density at radius 2 is 2.11 bits per heavy atom. The number of benzene rings is 1. The summed E-state index contributed by atoms with van der Waals surface area (Å²) in [6.45, 7) is 2.03. The normalized spacial score (nSPS) is 10.3. The second-order valence-corrected chi connectivity index (χ2v) is 4.02. The van der Waals surface area contributed by atoms with E-state index in [1.807, 2.05) is 0 Å². The second kappa shape index (κ2) is 5.10. The van der Waals surface area contributed by atoms with Crippen molar-refractivity contribution in [3.63, 3.8) is 0 Å². The first kappa shape index (κ1) is 12.4. The van der Waals surface area contributed by atoms with Gasteiger partial charge in [0.2, 0.25) is 5.88 Å². The van der Waals surface area contributed by atoms with E-state index in [-0.39, 0.29) is 5.88 Å². The number of rotatable bonds is 3. The van der Waals surface area contributed by atoms with Crippen LogP contribution in [0.5, 0.6) is 11.6 Å². The molecule has 1 heterocycles. The van der Waals surface area contributed by atoms with E-state index in [1.165, 1.54) is 6.07 Å².